The Hall–Kier alpha value is -3.16. The summed E-state index contributed by atoms with van der Waals surface area (Å²) in [5.74, 6) is -0.468. The zero-order chi connectivity index (χ0) is 22.0. The second-order valence-electron chi connectivity index (χ2n) is 6.94. The molecule has 2 aliphatic rings. The van der Waals surface area contributed by atoms with Crippen molar-refractivity contribution in [3.8, 4) is 6.07 Å². The van der Waals surface area contributed by atoms with Gasteiger partial charge in [0.2, 0.25) is 5.13 Å². The van der Waals surface area contributed by atoms with Crippen molar-refractivity contribution in [3.63, 3.8) is 0 Å². The van der Waals surface area contributed by atoms with Crippen LogP contribution in [0.15, 0.2) is 57.3 Å². The molecule has 1 aromatic carbocycles. The molecule has 158 valence electrons. The number of rotatable bonds is 5. The minimum Gasteiger partial charge on any atom is -0.468 e. The van der Waals surface area contributed by atoms with Gasteiger partial charge in [-0.2, -0.15) is 5.26 Å². The number of ether oxygens (including phenoxy) is 1. The number of hydrogen-bond acceptors (Lipinski definition) is 10. The number of nitriles is 1. The van der Waals surface area contributed by atoms with Crippen molar-refractivity contribution < 1.29 is 14.3 Å². The maximum absolute atomic E-state index is 13.0. The van der Waals surface area contributed by atoms with Gasteiger partial charge in [-0.05, 0) is 18.4 Å². The molecule has 1 unspecified atom stereocenters. The number of aromatic nitrogens is 2. The molecular weight excluding hydrogens is 434 g/mol. The maximum Gasteiger partial charge on any atom is 0.316 e. The van der Waals surface area contributed by atoms with Gasteiger partial charge in [-0.25, -0.2) is 0 Å². The Morgan fingerprint density at radius 3 is 2.84 bits per heavy atom. The molecular formula is C21H19N5O3S2. The molecule has 1 atom stereocenters. The number of carbonyl (C=O) groups excluding carboxylic acids is 2. The Bertz CT molecular complexity index is 1130. The van der Waals surface area contributed by atoms with Crippen molar-refractivity contribution in [2.45, 2.75) is 29.5 Å². The first kappa shape index (κ1) is 21.1. The normalized spacial score (nSPS) is 18.6. The Morgan fingerprint density at radius 2 is 2.13 bits per heavy atom. The smallest absolute Gasteiger partial charge is 0.316 e. The fourth-order valence-corrected chi connectivity index (χ4v) is 5.53. The number of anilines is 1. The molecule has 1 aliphatic heterocycles. The molecule has 2 heterocycles. The molecule has 0 amide bonds. The number of carbonyl (C=O) groups is 2. The van der Waals surface area contributed by atoms with Crippen molar-refractivity contribution >= 4 is 40.0 Å². The molecule has 4 rings (SSSR count). The molecule has 0 radical (unpaired) electrons. The summed E-state index contributed by atoms with van der Waals surface area (Å²) in [4.78, 5) is 26.1. The van der Waals surface area contributed by atoms with E-state index in [0.29, 0.717) is 39.9 Å². The van der Waals surface area contributed by atoms with E-state index in [1.165, 1.54) is 30.2 Å². The topological polar surface area (TPSA) is 122 Å². The number of methoxy groups -OCH3 is 1. The molecule has 1 aromatic heterocycles. The number of esters is 1. The van der Waals surface area contributed by atoms with Crippen LogP contribution in [0, 0.1) is 11.3 Å². The molecule has 0 saturated heterocycles. The van der Waals surface area contributed by atoms with Gasteiger partial charge in [-0.3, -0.25) is 14.5 Å². The summed E-state index contributed by atoms with van der Waals surface area (Å²) < 4.78 is 5.23. The minimum atomic E-state index is -0.494. The van der Waals surface area contributed by atoms with Crippen molar-refractivity contribution in [3.05, 3.63) is 58.6 Å². The Labute approximate surface area is 187 Å². The number of Topliss-reactive ketones (excluding diaryl/α,β-unsaturated/α-hetero) is 1. The average Bonchev–Trinajstić information content (AvgIpc) is 3.25. The van der Waals surface area contributed by atoms with Gasteiger partial charge in [-0.1, -0.05) is 53.4 Å². The van der Waals surface area contributed by atoms with Crippen LogP contribution in [0.1, 0.15) is 30.7 Å². The van der Waals surface area contributed by atoms with E-state index in [4.69, 9.17) is 5.73 Å². The van der Waals surface area contributed by atoms with E-state index in [2.05, 4.69) is 21.0 Å². The number of thioether (sulfide) groups is 1. The van der Waals surface area contributed by atoms with Crippen LogP contribution in [0.2, 0.25) is 0 Å². The summed E-state index contributed by atoms with van der Waals surface area (Å²) in [6, 6.07) is 11.7. The largest absolute Gasteiger partial charge is 0.468 e. The fraction of sp³-hybridized carbons (Fsp3) is 0.286. The summed E-state index contributed by atoms with van der Waals surface area (Å²) in [7, 11) is 1.33. The highest BCUT2D eigenvalue weighted by Crippen LogP contribution is 2.47. The van der Waals surface area contributed by atoms with Crippen LogP contribution in [0.5, 0.6) is 0 Å². The second kappa shape index (κ2) is 8.91. The van der Waals surface area contributed by atoms with Crippen molar-refractivity contribution in [1.82, 2.24) is 10.2 Å². The van der Waals surface area contributed by atoms with Crippen molar-refractivity contribution in [2.24, 2.45) is 5.73 Å². The lowest BCUT2D eigenvalue weighted by Gasteiger charge is -2.38. The van der Waals surface area contributed by atoms with Gasteiger partial charge >= 0.3 is 5.97 Å². The standard InChI is InChI=1S/C21H19N5O3S2/c1-29-16(28)11-30-21-25-24-20(31-21)26-14-8-5-9-15(27)18(14)17(13(10-22)19(26)23)12-6-3-2-4-7-12/h2-4,6-7,17H,5,8-9,11,23H2,1H3. The van der Waals surface area contributed by atoms with Gasteiger partial charge in [0, 0.05) is 17.7 Å². The second-order valence-corrected chi connectivity index (χ2v) is 9.12. The minimum absolute atomic E-state index is 0.0187. The van der Waals surface area contributed by atoms with Gasteiger partial charge < -0.3 is 10.5 Å². The Morgan fingerprint density at radius 1 is 1.35 bits per heavy atom. The quantitative estimate of drug-likeness (QED) is 0.537. The van der Waals surface area contributed by atoms with E-state index in [9.17, 15) is 14.9 Å². The lowest BCUT2D eigenvalue weighted by Crippen LogP contribution is -2.38. The van der Waals surface area contributed by atoms with Gasteiger partial charge in [-0.15, -0.1) is 10.2 Å². The van der Waals surface area contributed by atoms with Crippen LogP contribution in [0.25, 0.3) is 0 Å². The molecule has 0 spiro atoms. The number of nitrogens with two attached hydrogens (primary N) is 1. The number of allylic oxidation sites excluding steroid dienone is 3. The average molecular weight is 454 g/mol. The van der Waals surface area contributed by atoms with Crippen LogP contribution in [-0.4, -0.2) is 34.8 Å². The molecule has 0 bridgehead atoms. The third-order valence-corrected chi connectivity index (χ3v) is 7.19. The van der Waals surface area contributed by atoms with E-state index in [0.717, 1.165) is 11.3 Å². The third kappa shape index (κ3) is 3.94. The molecule has 10 heteroatoms. The summed E-state index contributed by atoms with van der Waals surface area (Å²) in [5.41, 5.74) is 9.04. The summed E-state index contributed by atoms with van der Waals surface area (Å²) in [5, 5.41) is 18.8. The van der Waals surface area contributed by atoms with E-state index >= 15 is 0 Å². The monoisotopic (exact) mass is 453 g/mol. The van der Waals surface area contributed by atoms with Gasteiger partial charge in [0.05, 0.1) is 30.4 Å². The van der Waals surface area contributed by atoms with Crippen molar-refractivity contribution in [1.29, 1.82) is 5.26 Å². The number of ketones is 1. The van der Waals surface area contributed by atoms with Crippen LogP contribution in [0.3, 0.4) is 0 Å². The van der Waals surface area contributed by atoms with Crippen molar-refractivity contribution in [2.75, 3.05) is 17.8 Å². The number of benzene rings is 1. The summed E-state index contributed by atoms with van der Waals surface area (Å²) in [6.07, 6.45) is 1.78. The predicted octanol–water partition coefficient (Wildman–Crippen LogP) is 3.11. The third-order valence-electron chi connectivity index (χ3n) is 5.17. The highest BCUT2D eigenvalue weighted by Gasteiger charge is 2.41. The predicted molar refractivity (Wildman–Crippen MR) is 117 cm³/mol. The van der Waals surface area contributed by atoms with Crippen LogP contribution < -0.4 is 10.6 Å². The van der Waals surface area contributed by atoms with E-state index in [1.807, 2.05) is 30.3 Å². The first-order valence-electron chi connectivity index (χ1n) is 9.59. The van der Waals surface area contributed by atoms with Crippen LogP contribution in [0.4, 0.5) is 5.13 Å². The first-order chi connectivity index (χ1) is 15.0. The van der Waals surface area contributed by atoms with Crippen LogP contribution >= 0.6 is 23.1 Å². The Balaban J connectivity index is 1.79. The summed E-state index contributed by atoms with van der Waals surface area (Å²) >= 11 is 2.46. The molecule has 2 aromatic rings. The molecule has 8 nitrogen and oxygen atoms in total. The molecule has 0 saturated carbocycles. The van der Waals surface area contributed by atoms with Gasteiger partial charge in [0.25, 0.3) is 0 Å². The van der Waals surface area contributed by atoms with Crippen LogP contribution in [-0.2, 0) is 14.3 Å². The molecule has 1 aliphatic carbocycles. The zero-order valence-corrected chi connectivity index (χ0v) is 18.3. The van der Waals surface area contributed by atoms with E-state index in [1.54, 1.807) is 4.90 Å². The van der Waals surface area contributed by atoms with E-state index in [-0.39, 0.29) is 23.3 Å². The summed E-state index contributed by atoms with van der Waals surface area (Å²) in [6.45, 7) is 0. The highest BCUT2D eigenvalue weighted by atomic mass is 32.2. The van der Waals surface area contributed by atoms with E-state index < -0.39 is 5.92 Å². The maximum atomic E-state index is 13.0. The SMILES string of the molecule is COC(=O)CSc1nnc(N2C(N)=C(C#N)C(c3ccccc3)C3=C2CCCC3=O)s1. The van der Waals surface area contributed by atoms with Gasteiger partial charge in [0.15, 0.2) is 10.1 Å². The lowest BCUT2D eigenvalue weighted by molar-refractivity contribution is -0.137. The molecule has 0 fully saturated rings. The zero-order valence-electron chi connectivity index (χ0n) is 16.7. The first-order valence-corrected chi connectivity index (χ1v) is 11.4. The molecule has 2 N–H and O–H groups in total. The fourth-order valence-electron chi connectivity index (χ4n) is 3.81. The number of nitrogens with zero attached hydrogens (tertiary/aromatic N) is 4. The Kier molecular flexibility index (Phi) is 6.06. The number of hydrogen-bond donors (Lipinski definition) is 1. The lowest BCUT2D eigenvalue weighted by atomic mass is 9.76. The molecule has 31 heavy (non-hydrogen) atoms. The highest BCUT2D eigenvalue weighted by molar-refractivity contribution is 8.01. The van der Waals surface area contributed by atoms with Gasteiger partial charge in [0.1, 0.15) is 5.82 Å².